The van der Waals surface area contributed by atoms with E-state index in [1.807, 2.05) is 11.1 Å². The van der Waals surface area contributed by atoms with Crippen molar-refractivity contribution in [2.24, 2.45) is 0 Å². The van der Waals surface area contributed by atoms with E-state index in [0.29, 0.717) is 45.4 Å². The number of fused-ring (bicyclic) bond motifs is 1. The molecule has 0 spiro atoms. The maximum Gasteiger partial charge on any atom is 0.269 e. The van der Waals surface area contributed by atoms with Gasteiger partial charge in [0, 0.05) is 42.4 Å². The highest BCUT2D eigenvalue weighted by Gasteiger charge is 2.49. The Morgan fingerprint density at radius 1 is 1.05 bits per heavy atom. The molecule has 0 bridgehead atoms. The molecule has 214 valence electrons. The number of hydrogen-bond acceptors (Lipinski definition) is 6. The summed E-state index contributed by atoms with van der Waals surface area (Å²) >= 11 is 13.0. The molecule has 9 nitrogen and oxygen atoms in total. The summed E-state index contributed by atoms with van der Waals surface area (Å²) < 4.78 is 0. The number of rotatable bonds is 7. The van der Waals surface area contributed by atoms with E-state index >= 15 is 0 Å². The van der Waals surface area contributed by atoms with Gasteiger partial charge in [-0.05, 0) is 60.7 Å². The number of halogens is 2. The Morgan fingerprint density at radius 3 is 2.56 bits per heavy atom. The zero-order valence-corrected chi connectivity index (χ0v) is 24.3. The standard InChI is InChI=1S/C30H31Cl2N5O4/c1-35(2)30(40)25-12-6-8-16-36(25)37-27(23-14-13-19(31)17-24(23)32)26(21-10-3-4-11-22(21)29(37)39)28(38)34-41-18-20-9-5-7-15-33-20/h3-5,7,9-11,13-15,17,25-27H,6,8,12,16,18H2,1-2H3,(H,34,38). The van der Waals surface area contributed by atoms with Crippen molar-refractivity contribution in [3.05, 3.63) is 99.3 Å². The fourth-order valence-corrected chi connectivity index (χ4v) is 6.11. The smallest absolute Gasteiger partial charge is 0.269 e. The Morgan fingerprint density at radius 2 is 1.83 bits per heavy atom. The first kappa shape index (κ1) is 29.0. The molecular formula is C30H31Cl2N5O4. The summed E-state index contributed by atoms with van der Waals surface area (Å²) in [5.41, 5.74) is 4.67. The van der Waals surface area contributed by atoms with Crippen LogP contribution in [-0.4, -0.2) is 64.3 Å². The maximum absolute atomic E-state index is 14.3. The minimum atomic E-state index is -0.914. The number of carbonyl (C=O) groups is 3. The van der Waals surface area contributed by atoms with Gasteiger partial charge in [0.05, 0.1) is 17.7 Å². The SMILES string of the molecule is CN(C)C(=O)C1CCCCN1N1C(=O)c2ccccc2C(C(=O)NOCc2ccccn2)C1c1ccc(Cl)cc1Cl. The highest BCUT2D eigenvalue weighted by atomic mass is 35.5. The van der Waals surface area contributed by atoms with Crippen molar-refractivity contribution in [2.75, 3.05) is 20.6 Å². The molecule has 3 unspecified atom stereocenters. The lowest BCUT2D eigenvalue weighted by Gasteiger charge is -2.50. The third kappa shape index (κ3) is 5.94. The van der Waals surface area contributed by atoms with Gasteiger partial charge in [-0.25, -0.2) is 10.5 Å². The van der Waals surface area contributed by atoms with Gasteiger partial charge in [0.25, 0.3) is 11.8 Å². The first-order valence-electron chi connectivity index (χ1n) is 13.4. The Kier molecular flexibility index (Phi) is 8.89. The number of aromatic nitrogens is 1. The molecule has 0 radical (unpaired) electrons. The summed E-state index contributed by atoms with van der Waals surface area (Å²) in [4.78, 5) is 53.0. The lowest BCUT2D eigenvalue weighted by Crippen LogP contribution is -2.62. The summed E-state index contributed by atoms with van der Waals surface area (Å²) in [7, 11) is 3.40. The van der Waals surface area contributed by atoms with E-state index in [2.05, 4.69) is 10.5 Å². The summed E-state index contributed by atoms with van der Waals surface area (Å²) in [5, 5.41) is 4.10. The second-order valence-corrected chi connectivity index (χ2v) is 11.2. The fourth-order valence-electron chi connectivity index (χ4n) is 5.59. The van der Waals surface area contributed by atoms with Crippen LogP contribution in [0.4, 0.5) is 0 Å². The lowest BCUT2D eigenvalue weighted by atomic mass is 9.79. The molecule has 5 rings (SSSR count). The van der Waals surface area contributed by atoms with Crippen molar-refractivity contribution in [3.8, 4) is 0 Å². The molecular weight excluding hydrogens is 565 g/mol. The Bertz CT molecular complexity index is 1440. The van der Waals surface area contributed by atoms with Gasteiger partial charge >= 0.3 is 0 Å². The van der Waals surface area contributed by atoms with Crippen molar-refractivity contribution in [2.45, 2.75) is 43.9 Å². The number of hydrazine groups is 1. The summed E-state index contributed by atoms with van der Waals surface area (Å²) in [6, 6.07) is 16.0. The van der Waals surface area contributed by atoms with E-state index in [9.17, 15) is 14.4 Å². The number of likely N-dealkylation sites (N-methyl/N-ethyl adjacent to an activating group) is 1. The predicted octanol–water partition coefficient (Wildman–Crippen LogP) is 4.77. The third-order valence-electron chi connectivity index (χ3n) is 7.47. The predicted molar refractivity (Wildman–Crippen MR) is 155 cm³/mol. The number of hydrogen-bond donors (Lipinski definition) is 1. The quantitative estimate of drug-likeness (QED) is 0.395. The van der Waals surface area contributed by atoms with Crippen LogP contribution in [0.5, 0.6) is 0 Å². The van der Waals surface area contributed by atoms with E-state index in [-0.39, 0.29) is 18.4 Å². The Hall–Kier alpha value is -3.50. The number of benzene rings is 2. The third-order valence-corrected chi connectivity index (χ3v) is 8.04. The molecule has 3 aromatic rings. The average molecular weight is 597 g/mol. The number of hydroxylamine groups is 1. The van der Waals surface area contributed by atoms with Gasteiger partial charge in [-0.2, -0.15) is 0 Å². The van der Waals surface area contributed by atoms with Crippen LogP contribution in [0.1, 0.15) is 58.4 Å². The lowest BCUT2D eigenvalue weighted by molar-refractivity contribution is -0.152. The van der Waals surface area contributed by atoms with Crippen molar-refractivity contribution < 1.29 is 19.2 Å². The van der Waals surface area contributed by atoms with Crippen molar-refractivity contribution >= 4 is 40.9 Å². The Balaban J connectivity index is 1.61. The molecule has 11 heteroatoms. The molecule has 41 heavy (non-hydrogen) atoms. The first-order chi connectivity index (χ1) is 19.8. The Labute approximate surface area is 248 Å². The molecule has 2 aliphatic rings. The molecule has 0 aliphatic carbocycles. The van der Waals surface area contributed by atoms with Crippen LogP contribution in [0.3, 0.4) is 0 Å². The molecule has 3 amide bonds. The minimum Gasteiger partial charge on any atom is -0.347 e. The van der Waals surface area contributed by atoms with Crippen LogP contribution in [0.15, 0.2) is 66.9 Å². The van der Waals surface area contributed by atoms with Crippen LogP contribution in [-0.2, 0) is 21.0 Å². The van der Waals surface area contributed by atoms with Gasteiger partial charge in [0.15, 0.2) is 0 Å². The van der Waals surface area contributed by atoms with Crippen LogP contribution in [0.25, 0.3) is 0 Å². The molecule has 1 N–H and O–H groups in total. The number of pyridine rings is 1. The number of amides is 3. The zero-order chi connectivity index (χ0) is 29.1. The van der Waals surface area contributed by atoms with Crippen LogP contribution >= 0.6 is 23.2 Å². The van der Waals surface area contributed by atoms with Crippen molar-refractivity contribution in [1.29, 1.82) is 0 Å². The number of nitrogens with zero attached hydrogens (tertiary/aromatic N) is 4. The topological polar surface area (TPSA) is 95.1 Å². The van der Waals surface area contributed by atoms with Gasteiger partial charge < -0.3 is 4.90 Å². The van der Waals surface area contributed by atoms with Gasteiger partial charge in [0.2, 0.25) is 5.91 Å². The minimum absolute atomic E-state index is 0.0570. The maximum atomic E-state index is 14.3. The summed E-state index contributed by atoms with van der Waals surface area (Å²) in [5.74, 6) is -1.80. The molecule has 1 aromatic heterocycles. The number of nitrogens with one attached hydrogen (secondary N) is 1. The molecule has 1 saturated heterocycles. The highest BCUT2D eigenvalue weighted by molar-refractivity contribution is 6.35. The molecule has 3 atom stereocenters. The molecule has 1 fully saturated rings. The van der Waals surface area contributed by atoms with Gasteiger partial charge in [-0.1, -0.05) is 53.5 Å². The van der Waals surface area contributed by atoms with Gasteiger partial charge in [-0.3, -0.25) is 29.2 Å². The highest BCUT2D eigenvalue weighted by Crippen LogP contribution is 2.47. The largest absolute Gasteiger partial charge is 0.347 e. The van der Waals surface area contributed by atoms with Gasteiger partial charge in [0.1, 0.15) is 12.6 Å². The van der Waals surface area contributed by atoms with Crippen molar-refractivity contribution in [3.63, 3.8) is 0 Å². The monoisotopic (exact) mass is 595 g/mol. The second kappa shape index (κ2) is 12.6. The van der Waals surface area contributed by atoms with Crippen LogP contribution in [0.2, 0.25) is 10.0 Å². The molecule has 3 heterocycles. The number of carbonyl (C=O) groups excluding carboxylic acids is 3. The van der Waals surface area contributed by atoms with E-state index < -0.39 is 23.9 Å². The van der Waals surface area contributed by atoms with Crippen molar-refractivity contribution in [1.82, 2.24) is 25.4 Å². The summed E-state index contributed by atoms with van der Waals surface area (Å²) in [6.45, 7) is 0.520. The van der Waals surface area contributed by atoms with E-state index in [0.717, 1.165) is 12.8 Å². The van der Waals surface area contributed by atoms with E-state index in [4.69, 9.17) is 28.0 Å². The number of piperidine rings is 1. The van der Waals surface area contributed by atoms with Gasteiger partial charge in [-0.15, -0.1) is 0 Å². The zero-order valence-electron chi connectivity index (χ0n) is 22.8. The van der Waals surface area contributed by atoms with E-state index in [1.165, 1.54) is 4.90 Å². The first-order valence-corrected chi connectivity index (χ1v) is 14.2. The normalized spacial score (nSPS) is 20.8. The van der Waals surface area contributed by atoms with Crippen LogP contribution < -0.4 is 5.48 Å². The molecule has 2 aromatic carbocycles. The van der Waals surface area contributed by atoms with E-state index in [1.54, 1.807) is 79.9 Å². The summed E-state index contributed by atoms with van der Waals surface area (Å²) in [6.07, 6.45) is 3.85. The average Bonchev–Trinajstić information content (AvgIpc) is 2.97. The fraction of sp³-hybridized carbons (Fsp3) is 0.333. The second-order valence-electron chi connectivity index (χ2n) is 10.3. The van der Waals surface area contributed by atoms with Crippen LogP contribution in [0, 0.1) is 0 Å². The molecule has 2 aliphatic heterocycles. The molecule has 0 saturated carbocycles.